The second-order valence-corrected chi connectivity index (χ2v) is 6.55. The van der Waals surface area contributed by atoms with E-state index in [1.54, 1.807) is 0 Å². The summed E-state index contributed by atoms with van der Waals surface area (Å²) in [7, 11) is 0. The number of hydrogen-bond acceptors (Lipinski definition) is 2. The summed E-state index contributed by atoms with van der Waals surface area (Å²) in [6.07, 6.45) is 0. The molecule has 0 aliphatic rings. The van der Waals surface area contributed by atoms with E-state index in [0.717, 1.165) is 28.3 Å². The Labute approximate surface area is 145 Å². The fourth-order valence-electron chi connectivity index (χ4n) is 2.81. The van der Waals surface area contributed by atoms with E-state index in [-0.39, 0.29) is 17.9 Å². The van der Waals surface area contributed by atoms with Crippen LogP contribution in [0.3, 0.4) is 0 Å². The van der Waals surface area contributed by atoms with Crippen molar-refractivity contribution in [2.45, 2.75) is 53.5 Å². The number of benzene rings is 1. The average Bonchev–Trinajstić information content (AvgIpc) is 2.53. The van der Waals surface area contributed by atoms with Gasteiger partial charge < -0.3 is 15.5 Å². The van der Waals surface area contributed by atoms with Gasteiger partial charge in [0.15, 0.2) is 12.6 Å². The van der Waals surface area contributed by atoms with Crippen LogP contribution in [0.4, 0.5) is 5.69 Å². The van der Waals surface area contributed by atoms with Gasteiger partial charge in [0, 0.05) is 12.2 Å². The van der Waals surface area contributed by atoms with Gasteiger partial charge in [-0.2, -0.15) is 0 Å². The van der Waals surface area contributed by atoms with E-state index in [1.165, 1.54) is 0 Å². The van der Waals surface area contributed by atoms with Crippen molar-refractivity contribution in [3.05, 3.63) is 29.3 Å². The predicted molar refractivity (Wildman–Crippen MR) is 98.4 cm³/mol. The molecule has 1 rings (SSSR count). The lowest BCUT2D eigenvalue weighted by Crippen LogP contribution is -3.17. The first-order valence-electron chi connectivity index (χ1n) is 8.83. The molecule has 2 amide bonds. The van der Waals surface area contributed by atoms with Crippen molar-refractivity contribution in [2.75, 3.05) is 25.0 Å². The van der Waals surface area contributed by atoms with E-state index in [0.29, 0.717) is 19.0 Å². The molecule has 5 nitrogen and oxygen atoms in total. The third kappa shape index (κ3) is 5.34. The third-order valence-electron chi connectivity index (χ3n) is 4.40. The van der Waals surface area contributed by atoms with Gasteiger partial charge in [-0.15, -0.1) is 0 Å². The highest BCUT2D eigenvalue weighted by Crippen LogP contribution is 2.27. The molecule has 134 valence electrons. The first-order valence-corrected chi connectivity index (χ1v) is 8.83. The molecular formula is C19H32N3O2+. The van der Waals surface area contributed by atoms with Crippen LogP contribution in [0.5, 0.6) is 0 Å². The normalized spacial score (nSPS) is 13.5. The Hall–Kier alpha value is -1.88. The number of rotatable bonds is 8. The SMILES string of the molecule is CCNC(=O)C[NH+](CC)[C@H](C)C(=O)Nc1c(C)cccc1C(C)C. The molecule has 0 aliphatic carbocycles. The van der Waals surface area contributed by atoms with Crippen LogP contribution < -0.4 is 15.5 Å². The first kappa shape index (κ1) is 20.2. The molecule has 0 saturated carbocycles. The van der Waals surface area contributed by atoms with Crippen molar-refractivity contribution < 1.29 is 14.5 Å². The van der Waals surface area contributed by atoms with E-state index in [1.807, 2.05) is 39.8 Å². The number of anilines is 1. The van der Waals surface area contributed by atoms with Crippen molar-refractivity contribution in [1.82, 2.24) is 5.32 Å². The summed E-state index contributed by atoms with van der Waals surface area (Å²) < 4.78 is 0. The molecule has 0 radical (unpaired) electrons. The average molecular weight is 334 g/mol. The van der Waals surface area contributed by atoms with E-state index in [4.69, 9.17) is 0 Å². The van der Waals surface area contributed by atoms with Crippen LogP contribution >= 0.6 is 0 Å². The number of aryl methyl sites for hydroxylation is 1. The van der Waals surface area contributed by atoms with Gasteiger partial charge in [-0.25, -0.2) is 0 Å². The van der Waals surface area contributed by atoms with Gasteiger partial charge in [0.05, 0.1) is 6.54 Å². The maximum atomic E-state index is 12.7. The van der Waals surface area contributed by atoms with Crippen LogP contribution in [0.1, 0.15) is 51.7 Å². The van der Waals surface area contributed by atoms with Crippen LogP contribution in [0.25, 0.3) is 0 Å². The summed E-state index contributed by atoms with van der Waals surface area (Å²) in [5.74, 6) is 0.264. The third-order valence-corrected chi connectivity index (χ3v) is 4.40. The van der Waals surface area contributed by atoms with Crippen LogP contribution in [0, 0.1) is 6.92 Å². The minimum absolute atomic E-state index is 0.0206. The topological polar surface area (TPSA) is 62.6 Å². The van der Waals surface area contributed by atoms with Crippen LogP contribution in [-0.4, -0.2) is 37.5 Å². The fourth-order valence-corrected chi connectivity index (χ4v) is 2.81. The van der Waals surface area contributed by atoms with E-state index < -0.39 is 0 Å². The zero-order valence-corrected chi connectivity index (χ0v) is 15.8. The zero-order valence-electron chi connectivity index (χ0n) is 15.8. The van der Waals surface area contributed by atoms with E-state index >= 15 is 0 Å². The maximum absolute atomic E-state index is 12.7. The Balaban J connectivity index is 2.88. The molecule has 3 N–H and O–H groups in total. The largest absolute Gasteiger partial charge is 0.351 e. The van der Waals surface area contributed by atoms with Crippen LogP contribution in [0.15, 0.2) is 18.2 Å². The molecule has 0 heterocycles. The maximum Gasteiger partial charge on any atom is 0.282 e. The summed E-state index contributed by atoms with van der Waals surface area (Å²) in [5, 5.41) is 5.88. The quantitative estimate of drug-likeness (QED) is 0.674. The molecular weight excluding hydrogens is 302 g/mol. The highest BCUT2D eigenvalue weighted by Gasteiger charge is 2.26. The molecule has 24 heavy (non-hydrogen) atoms. The molecule has 1 aromatic rings. The van der Waals surface area contributed by atoms with Crippen molar-refractivity contribution in [3.8, 4) is 0 Å². The lowest BCUT2D eigenvalue weighted by molar-refractivity contribution is -0.904. The number of quaternary nitrogens is 1. The van der Waals surface area contributed by atoms with Gasteiger partial charge in [0.2, 0.25) is 0 Å². The molecule has 0 bridgehead atoms. The van der Waals surface area contributed by atoms with Gasteiger partial charge in [0.25, 0.3) is 11.8 Å². The smallest absolute Gasteiger partial charge is 0.282 e. The van der Waals surface area contributed by atoms with Gasteiger partial charge in [0.1, 0.15) is 0 Å². The number of carbonyl (C=O) groups excluding carboxylic acids is 2. The van der Waals surface area contributed by atoms with Crippen molar-refractivity contribution in [1.29, 1.82) is 0 Å². The Morgan fingerprint density at radius 2 is 1.83 bits per heavy atom. The second kappa shape index (κ2) is 9.42. The van der Waals surface area contributed by atoms with Gasteiger partial charge in [-0.05, 0) is 44.7 Å². The molecule has 0 aliphatic heterocycles. The number of nitrogens with one attached hydrogen (secondary N) is 3. The molecule has 0 fully saturated rings. The highest BCUT2D eigenvalue weighted by atomic mass is 16.2. The summed E-state index contributed by atoms with van der Waals surface area (Å²) >= 11 is 0. The Kier molecular flexibility index (Phi) is 7.92. The highest BCUT2D eigenvalue weighted by molar-refractivity contribution is 5.95. The van der Waals surface area contributed by atoms with Crippen molar-refractivity contribution in [3.63, 3.8) is 0 Å². The minimum atomic E-state index is -0.294. The fraction of sp³-hybridized carbons (Fsp3) is 0.579. The zero-order chi connectivity index (χ0) is 18.3. The molecule has 0 saturated heterocycles. The standard InChI is InChI=1S/C19H31N3O2/c1-7-20-17(23)12-22(8-2)15(6)19(24)21-18-14(5)10-9-11-16(18)13(3)4/h9-11,13,15H,7-8,12H2,1-6H3,(H,20,23)(H,21,24)/p+1/t15-/m1/s1. The number of carbonyl (C=O) groups is 2. The predicted octanol–water partition coefficient (Wildman–Crippen LogP) is 1.49. The molecule has 0 spiro atoms. The van der Waals surface area contributed by atoms with E-state index in [9.17, 15) is 9.59 Å². The van der Waals surface area contributed by atoms with Gasteiger partial charge in [-0.3, -0.25) is 9.59 Å². The lowest BCUT2D eigenvalue weighted by atomic mass is 9.98. The summed E-state index contributed by atoms with van der Waals surface area (Å²) in [6, 6.07) is 5.78. The number of para-hydroxylation sites is 1. The van der Waals surface area contributed by atoms with Crippen molar-refractivity contribution in [2.24, 2.45) is 0 Å². The number of likely N-dealkylation sites (N-methyl/N-ethyl adjacent to an activating group) is 2. The summed E-state index contributed by atoms with van der Waals surface area (Å²) in [5.41, 5.74) is 3.10. The molecule has 1 unspecified atom stereocenters. The molecule has 1 aromatic carbocycles. The van der Waals surface area contributed by atoms with Gasteiger partial charge >= 0.3 is 0 Å². The van der Waals surface area contributed by atoms with E-state index in [2.05, 4.69) is 30.5 Å². The lowest BCUT2D eigenvalue weighted by Gasteiger charge is -2.24. The summed E-state index contributed by atoms with van der Waals surface area (Å²) in [6.45, 7) is 13.6. The Bertz CT molecular complexity index is 570. The molecule has 0 aromatic heterocycles. The number of amides is 2. The van der Waals surface area contributed by atoms with Crippen molar-refractivity contribution >= 4 is 17.5 Å². The first-order chi connectivity index (χ1) is 11.3. The Morgan fingerprint density at radius 1 is 1.17 bits per heavy atom. The Morgan fingerprint density at radius 3 is 2.38 bits per heavy atom. The number of hydrogen-bond donors (Lipinski definition) is 3. The monoisotopic (exact) mass is 334 g/mol. The molecule has 5 heteroatoms. The van der Waals surface area contributed by atoms with Crippen LogP contribution in [-0.2, 0) is 9.59 Å². The van der Waals surface area contributed by atoms with Crippen LogP contribution in [0.2, 0.25) is 0 Å². The minimum Gasteiger partial charge on any atom is -0.351 e. The summed E-state index contributed by atoms with van der Waals surface area (Å²) in [4.78, 5) is 25.5. The second-order valence-electron chi connectivity index (χ2n) is 6.55. The molecule has 2 atom stereocenters. The van der Waals surface area contributed by atoms with Gasteiger partial charge in [-0.1, -0.05) is 32.0 Å².